The minimum absolute atomic E-state index is 0.254. The molecule has 1 N–H and O–H groups in total. The van der Waals surface area contributed by atoms with Gasteiger partial charge in [-0.1, -0.05) is 12.1 Å². The Labute approximate surface area is 126 Å². The first-order valence-corrected chi connectivity index (χ1v) is 8.99. The van der Waals surface area contributed by atoms with Crippen molar-refractivity contribution >= 4 is 42.9 Å². The first-order chi connectivity index (χ1) is 9.97. The number of hydrogen-bond donors (Lipinski definition) is 1. The first kappa shape index (κ1) is 14.0. The number of benzene rings is 1. The summed E-state index contributed by atoms with van der Waals surface area (Å²) in [6, 6.07) is 6.80. The van der Waals surface area contributed by atoms with E-state index in [0.29, 0.717) is 11.5 Å². The highest BCUT2D eigenvalue weighted by atomic mass is 32.2. The van der Waals surface area contributed by atoms with Crippen LogP contribution in [0.4, 0.5) is 11.5 Å². The largest absolute Gasteiger partial charge is 0.339 e. The van der Waals surface area contributed by atoms with E-state index in [1.807, 2.05) is 12.3 Å². The van der Waals surface area contributed by atoms with Gasteiger partial charge in [0.15, 0.2) is 9.84 Å². The fourth-order valence-electron chi connectivity index (χ4n) is 2.13. The van der Waals surface area contributed by atoms with Gasteiger partial charge in [0.05, 0.1) is 16.0 Å². The maximum Gasteiger partial charge on any atom is 0.177 e. The molecule has 5 nitrogen and oxygen atoms in total. The molecule has 0 bridgehead atoms. The fourth-order valence-corrected chi connectivity index (χ4v) is 3.87. The molecule has 108 valence electrons. The van der Waals surface area contributed by atoms with Crippen molar-refractivity contribution < 1.29 is 8.42 Å². The molecular weight excluding hydrogens is 306 g/mol. The van der Waals surface area contributed by atoms with Gasteiger partial charge in [-0.3, -0.25) is 0 Å². The van der Waals surface area contributed by atoms with E-state index in [0.717, 1.165) is 15.8 Å². The highest BCUT2D eigenvalue weighted by Gasteiger charge is 2.15. The van der Waals surface area contributed by atoms with Crippen molar-refractivity contribution in [3.05, 3.63) is 41.5 Å². The summed E-state index contributed by atoms with van der Waals surface area (Å²) >= 11 is 1.54. The van der Waals surface area contributed by atoms with Gasteiger partial charge in [0.25, 0.3) is 0 Å². The lowest BCUT2D eigenvalue weighted by Crippen LogP contribution is -2.03. The summed E-state index contributed by atoms with van der Waals surface area (Å²) in [6.45, 7) is 1.98. The van der Waals surface area contributed by atoms with Gasteiger partial charge in [-0.05, 0) is 30.0 Å². The second kappa shape index (κ2) is 5.09. The molecule has 0 unspecified atom stereocenters. The Morgan fingerprint density at radius 1 is 1.19 bits per heavy atom. The van der Waals surface area contributed by atoms with Gasteiger partial charge in [0.2, 0.25) is 0 Å². The molecule has 2 aromatic heterocycles. The summed E-state index contributed by atoms with van der Waals surface area (Å²) in [6.07, 6.45) is 2.67. The van der Waals surface area contributed by atoms with Gasteiger partial charge >= 0.3 is 0 Å². The molecule has 0 saturated heterocycles. The maximum atomic E-state index is 11.9. The minimum Gasteiger partial charge on any atom is -0.339 e. The summed E-state index contributed by atoms with van der Waals surface area (Å²) in [5.41, 5.74) is 1.58. The van der Waals surface area contributed by atoms with E-state index >= 15 is 0 Å². The van der Waals surface area contributed by atoms with Crippen LogP contribution in [0.5, 0.6) is 0 Å². The Morgan fingerprint density at radius 2 is 1.95 bits per heavy atom. The van der Waals surface area contributed by atoms with E-state index in [1.165, 1.54) is 23.9 Å². The molecule has 0 aliphatic carbocycles. The predicted molar refractivity (Wildman–Crippen MR) is 85.0 cm³/mol. The van der Waals surface area contributed by atoms with Crippen LogP contribution in [-0.2, 0) is 9.84 Å². The average molecular weight is 319 g/mol. The van der Waals surface area contributed by atoms with Gasteiger partial charge in [-0.2, -0.15) is 0 Å². The highest BCUT2D eigenvalue weighted by molar-refractivity contribution is 7.90. The van der Waals surface area contributed by atoms with Crippen molar-refractivity contribution in [3.63, 3.8) is 0 Å². The van der Waals surface area contributed by atoms with Crippen molar-refractivity contribution in [1.29, 1.82) is 0 Å². The Morgan fingerprint density at radius 3 is 2.71 bits per heavy atom. The van der Waals surface area contributed by atoms with Gasteiger partial charge in [-0.15, -0.1) is 11.3 Å². The summed E-state index contributed by atoms with van der Waals surface area (Å²) in [7, 11) is -3.31. The molecule has 0 fully saturated rings. The number of hydrogen-bond acceptors (Lipinski definition) is 6. The number of fused-ring (bicyclic) bond motifs is 1. The SMILES string of the molecule is Cc1csc2ncnc(Nc3ccccc3S(C)(=O)=O)c12. The van der Waals surface area contributed by atoms with Crippen molar-refractivity contribution in [2.45, 2.75) is 11.8 Å². The van der Waals surface area contributed by atoms with Crippen molar-refractivity contribution in [2.24, 2.45) is 0 Å². The molecule has 1 aromatic carbocycles. The Hall–Kier alpha value is -1.99. The molecule has 7 heteroatoms. The second-order valence-corrected chi connectivity index (χ2v) is 7.56. The third kappa shape index (κ3) is 2.62. The minimum atomic E-state index is -3.31. The number of nitrogens with zero attached hydrogens (tertiary/aromatic N) is 2. The lowest BCUT2D eigenvalue weighted by Gasteiger charge is -2.11. The average Bonchev–Trinajstić information content (AvgIpc) is 2.81. The van der Waals surface area contributed by atoms with Crippen LogP contribution in [0.15, 0.2) is 40.9 Å². The third-order valence-electron chi connectivity index (χ3n) is 3.09. The zero-order valence-corrected chi connectivity index (χ0v) is 13.1. The smallest absolute Gasteiger partial charge is 0.177 e. The zero-order chi connectivity index (χ0) is 15.0. The topological polar surface area (TPSA) is 72.0 Å². The number of nitrogens with one attached hydrogen (secondary N) is 1. The number of anilines is 2. The maximum absolute atomic E-state index is 11.9. The molecular formula is C14H13N3O2S2. The van der Waals surface area contributed by atoms with Gasteiger partial charge < -0.3 is 5.32 Å². The van der Waals surface area contributed by atoms with E-state index < -0.39 is 9.84 Å². The number of sulfone groups is 1. The zero-order valence-electron chi connectivity index (χ0n) is 11.5. The normalized spacial score (nSPS) is 11.7. The Bertz CT molecular complexity index is 917. The molecule has 0 spiro atoms. The molecule has 0 amide bonds. The van der Waals surface area contributed by atoms with Gasteiger partial charge in [-0.25, -0.2) is 18.4 Å². The molecule has 2 heterocycles. The molecule has 0 aliphatic heterocycles. The van der Waals surface area contributed by atoms with Crippen LogP contribution in [0, 0.1) is 6.92 Å². The van der Waals surface area contributed by atoms with Gasteiger partial charge in [0, 0.05) is 6.26 Å². The number of aromatic nitrogens is 2. The third-order valence-corrected chi connectivity index (χ3v) is 5.25. The van der Waals surface area contributed by atoms with Gasteiger partial charge in [0.1, 0.15) is 17.0 Å². The molecule has 3 aromatic rings. The molecule has 21 heavy (non-hydrogen) atoms. The number of thiophene rings is 1. The summed E-state index contributed by atoms with van der Waals surface area (Å²) in [5.74, 6) is 0.620. The van der Waals surface area contributed by atoms with Crippen LogP contribution < -0.4 is 5.32 Å². The lowest BCUT2D eigenvalue weighted by atomic mass is 10.2. The van der Waals surface area contributed by atoms with Crippen LogP contribution in [0.3, 0.4) is 0 Å². The summed E-state index contributed by atoms with van der Waals surface area (Å²) in [5, 5.41) is 6.05. The van der Waals surface area contributed by atoms with Crippen molar-refractivity contribution in [1.82, 2.24) is 9.97 Å². The van der Waals surface area contributed by atoms with E-state index in [2.05, 4.69) is 15.3 Å². The number of para-hydroxylation sites is 1. The predicted octanol–water partition coefficient (Wildman–Crippen LogP) is 3.15. The number of rotatable bonds is 3. The highest BCUT2D eigenvalue weighted by Crippen LogP contribution is 2.32. The molecule has 3 rings (SSSR count). The quantitative estimate of drug-likeness (QED) is 0.803. The Balaban J connectivity index is 2.14. The fraction of sp³-hybridized carbons (Fsp3) is 0.143. The van der Waals surface area contributed by atoms with Crippen LogP contribution in [0.25, 0.3) is 10.2 Å². The molecule has 0 saturated carbocycles. The van der Waals surface area contributed by atoms with Crippen LogP contribution in [-0.4, -0.2) is 24.6 Å². The summed E-state index contributed by atoms with van der Waals surface area (Å²) in [4.78, 5) is 9.60. The number of aryl methyl sites for hydroxylation is 1. The molecule has 0 atom stereocenters. The Kier molecular flexibility index (Phi) is 3.38. The monoisotopic (exact) mass is 319 g/mol. The van der Waals surface area contributed by atoms with E-state index in [4.69, 9.17) is 0 Å². The second-order valence-electron chi connectivity index (χ2n) is 4.71. The van der Waals surface area contributed by atoms with E-state index in [9.17, 15) is 8.42 Å². The molecule has 0 aliphatic rings. The standard InChI is InChI=1S/C14H13N3O2S2/c1-9-7-20-14-12(9)13(15-8-16-14)17-10-5-3-4-6-11(10)21(2,18)19/h3-8H,1-2H3,(H,15,16,17). The first-order valence-electron chi connectivity index (χ1n) is 6.22. The van der Waals surface area contributed by atoms with E-state index in [-0.39, 0.29) is 4.90 Å². The van der Waals surface area contributed by atoms with Crippen molar-refractivity contribution in [2.75, 3.05) is 11.6 Å². The van der Waals surface area contributed by atoms with Crippen molar-refractivity contribution in [3.8, 4) is 0 Å². The summed E-state index contributed by atoms with van der Waals surface area (Å²) < 4.78 is 23.7. The van der Waals surface area contributed by atoms with Crippen LogP contribution >= 0.6 is 11.3 Å². The van der Waals surface area contributed by atoms with Crippen LogP contribution in [0.1, 0.15) is 5.56 Å². The molecule has 0 radical (unpaired) electrons. The van der Waals surface area contributed by atoms with E-state index in [1.54, 1.807) is 24.3 Å². The van der Waals surface area contributed by atoms with Crippen LogP contribution in [0.2, 0.25) is 0 Å². The lowest BCUT2D eigenvalue weighted by molar-refractivity contribution is 0.602.